The van der Waals surface area contributed by atoms with Crippen LogP contribution in [0.1, 0.15) is 9.80 Å². The molecule has 0 unspecified atom stereocenters. The molecule has 0 spiro atoms. The van der Waals surface area contributed by atoms with E-state index < -0.39 is 0 Å². The third-order valence-electron chi connectivity index (χ3n) is 0.865. The van der Waals surface area contributed by atoms with E-state index in [-0.39, 0.29) is 10.9 Å². The second kappa shape index (κ2) is 3.66. The lowest BCUT2D eigenvalue weighted by atomic mass is 10.7. The highest BCUT2D eigenvalue weighted by Crippen LogP contribution is 2.13. The van der Waals surface area contributed by atoms with Crippen LogP contribution in [-0.4, -0.2) is 18.0 Å². The molecule has 1 heterocycles. The maximum Gasteiger partial charge on any atom is 0.303 e. The zero-order valence-corrected chi connectivity index (χ0v) is 7.20. The average molecular weight is 193 g/mol. The van der Waals surface area contributed by atoms with Gasteiger partial charge in [-0.1, -0.05) is 11.6 Å². The van der Waals surface area contributed by atoms with Gasteiger partial charge in [-0.05, 0) is 0 Å². The van der Waals surface area contributed by atoms with Crippen molar-refractivity contribution in [3.05, 3.63) is 15.5 Å². The fourth-order valence-corrected chi connectivity index (χ4v) is 1.32. The van der Waals surface area contributed by atoms with Crippen LogP contribution in [0.5, 0.6) is 0 Å². The van der Waals surface area contributed by atoms with Crippen LogP contribution in [0, 0.1) is 0 Å². The Morgan fingerprint density at radius 3 is 3.09 bits per heavy atom. The summed E-state index contributed by atoms with van der Waals surface area (Å²) in [7, 11) is 1.35. The predicted octanol–water partition coefficient (Wildman–Crippen LogP) is 1.09. The van der Waals surface area contributed by atoms with Gasteiger partial charge in [0.2, 0.25) is 0 Å². The number of carbonyl (C=O) groups excluding carboxylic acids is 1. The quantitative estimate of drug-likeness (QED) is 0.714. The van der Waals surface area contributed by atoms with Crippen molar-refractivity contribution in [3.8, 4) is 0 Å². The first-order valence-electron chi connectivity index (χ1n) is 2.68. The standard InChI is InChI=1S/C5H5ClN2O2S/c1-10-8-4(9)5-7-3(6)2-11-5/h2H,1H3,(H,8,9). The highest BCUT2D eigenvalue weighted by atomic mass is 35.5. The van der Waals surface area contributed by atoms with Gasteiger partial charge in [-0.3, -0.25) is 9.63 Å². The predicted molar refractivity (Wildman–Crippen MR) is 41.6 cm³/mol. The van der Waals surface area contributed by atoms with Crippen LogP contribution in [0.4, 0.5) is 0 Å². The van der Waals surface area contributed by atoms with E-state index in [2.05, 4.69) is 15.3 Å². The number of carbonyl (C=O) groups is 1. The van der Waals surface area contributed by atoms with Gasteiger partial charge in [0.1, 0.15) is 5.15 Å². The number of hydrogen-bond acceptors (Lipinski definition) is 4. The number of halogens is 1. The van der Waals surface area contributed by atoms with E-state index in [0.717, 1.165) is 11.3 Å². The highest BCUT2D eigenvalue weighted by Gasteiger charge is 2.08. The number of hydroxylamine groups is 1. The van der Waals surface area contributed by atoms with E-state index >= 15 is 0 Å². The normalized spacial score (nSPS) is 9.64. The molecule has 0 bridgehead atoms. The Bertz CT molecular complexity index is 263. The lowest BCUT2D eigenvalue weighted by Gasteiger charge is -1.95. The Balaban J connectivity index is 2.69. The third-order valence-corrected chi connectivity index (χ3v) is 2.03. The number of nitrogens with one attached hydrogen (secondary N) is 1. The van der Waals surface area contributed by atoms with Crippen LogP contribution < -0.4 is 5.48 Å². The van der Waals surface area contributed by atoms with Crippen molar-refractivity contribution in [2.75, 3.05) is 7.11 Å². The maximum absolute atomic E-state index is 10.9. The number of hydrogen-bond donors (Lipinski definition) is 1. The van der Waals surface area contributed by atoms with Crippen molar-refractivity contribution in [2.45, 2.75) is 0 Å². The van der Waals surface area contributed by atoms with Crippen molar-refractivity contribution < 1.29 is 9.63 Å². The summed E-state index contributed by atoms with van der Waals surface area (Å²) < 4.78 is 0. The van der Waals surface area contributed by atoms with Gasteiger partial charge < -0.3 is 0 Å². The van der Waals surface area contributed by atoms with E-state index in [1.165, 1.54) is 7.11 Å². The molecule has 0 aliphatic carbocycles. The third kappa shape index (κ3) is 2.14. The Kier molecular flexibility index (Phi) is 2.81. The number of amides is 1. The van der Waals surface area contributed by atoms with Gasteiger partial charge in [-0.25, -0.2) is 10.5 Å². The van der Waals surface area contributed by atoms with Gasteiger partial charge in [0.05, 0.1) is 7.11 Å². The molecule has 0 saturated heterocycles. The van der Waals surface area contributed by atoms with Crippen LogP contribution in [0.15, 0.2) is 5.38 Å². The Morgan fingerprint density at radius 2 is 2.64 bits per heavy atom. The summed E-state index contributed by atoms with van der Waals surface area (Å²) in [6, 6.07) is 0. The van der Waals surface area contributed by atoms with Gasteiger partial charge in [-0.2, -0.15) is 0 Å². The molecule has 1 amide bonds. The van der Waals surface area contributed by atoms with E-state index in [4.69, 9.17) is 11.6 Å². The molecule has 0 fully saturated rings. The molecule has 1 rings (SSSR count). The summed E-state index contributed by atoms with van der Waals surface area (Å²) in [6.45, 7) is 0. The van der Waals surface area contributed by atoms with Crippen LogP contribution in [0.3, 0.4) is 0 Å². The molecular weight excluding hydrogens is 188 g/mol. The number of thiazole rings is 1. The Morgan fingerprint density at radius 1 is 1.91 bits per heavy atom. The van der Waals surface area contributed by atoms with E-state index in [1.807, 2.05) is 0 Å². The van der Waals surface area contributed by atoms with Crippen molar-refractivity contribution >= 4 is 28.8 Å². The van der Waals surface area contributed by atoms with Crippen molar-refractivity contribution in [2.24, 2.45) is 0 Å². The minimum absolute atomic E-state index is 0.289. The molecule has 60 valence electrons. The van der Waals surface area contributed by atoms with Gasteiger partial charge in [0.15, 0.2) is 5.01 Å². The van der Waals surface area contributed by atoms with E-state index in [0.29, 0.717) is 5.15 Å². The van der Waals surface area contributed by atoms with Gasteiger partial charge in [-0.15, -0.1) is 11.3 Å². The molecule has 0 aliphatic rings. The summed E-state index contributed by atoms with van der Waals surface area (Å²) in [5, 5.41) is 2.18. The van der Waals surface area contributed by atoms with Crippen molar-refractivity contribution in [1.29, 1.82) is 0 Å². The van der Waals surface area contributed by atoms with Crippen LogP contribution >= 0.6 is 22.9 Å². The topological polar surface area (TPSA) is 51.2 Å². The Labute approximate surface area is 72.1 Å². The molecular formula is C5H5ClN2O2S. The minimum Gasteiger partial charge on any atom is -0.277 e. The van der Waals surface area contributed by atoms with Crippen LogP contribution in [0.25, 0.3) is 0 Å². The molecule has 0 atom stereocenters. The molecule has 4 nitrogen and oxygen atoms in total. The molecule has 0 radical (unpaired) electrons. The smallest absolute Gasteiger partial charge is 0.277 e. The Hall–Kier alpha value is -0.650. The van der Waals surface area contributed by atoms with Gasteiger partial charge in [0.25, 0.3) is 0 Å². The SMILES string of the molecule is CONC(=O)c1nc(Cl)cs1. The number of nitrogens with zero attached hydrogens (tertiary/aromatic N) is 1. The lowest BCUT2D eigenvalue weighted by Crippen LogP contribution is -2.21. The molecule has 6 heteroatoms. The maximum atomic E-state index is 10.9. The minimum atomic E-state index is -0.385. The zero-order valence-electron chi connectivity index (χ0n) is 5.63. The number of rotatable bonds is 2. The molecule has 0 aromatic carbocycles. The van der Waals surface area contributed by atoms with Crippen molar-refractivity contribution in [1.82, 2.24) is 10.5 Å². The number of aromatic nitrogens is 1. The summed E-state index contributed by atoms with van der Waals surface area (Å²) in [6.07, 6.45) is 0. The summed E-state index contributed by atoms with van der Waals surface area (Å²) in [5.74, 6) is -0.385. The van der Waals surface area contributed by atoms with Gasteiger partial charge >= 0.3 is 5.91 Å². The summed E-state index contributed by atoms with van der Waals surface area (Å²) >= 11 is 6.65. The zero-order chi connectivity index (χ0) is 8.27. The second-order valence-electron chi connectivity index (χ2n) is 1.61. The van der Waals surface area contributed by atoms with E-state index in [9.17, 15) is 4.79 Å². The monoisotopic (exact) mass is 192 g/mol. The first kappa shape index (κ1) is 8.45. The molecule has 1 N–H and O–H groups in total. The lowest BCUT2D eigenvalue weighted by molar-refractivity contribution is 0.0537. The highest BCUT2D eigenvalue weighted by molar-refractivity contribution is 7.12. The fraction of sp³-hybridized carbons (Fsp3) is 0.200. The largest absolute Gasteiger partial charge is 0.303 e. The first-order valence-corrected chi connectivity index (χ1v) is 3.94. The molecule has 0 saturated carbocycles. The average Bonchev–Trinajstić information content (AvgIpc) is 2.36. The molecule has 1 aromatic rings. The first-order chi connectivity index (χ1) is 5.24. The fourth-order valence-electron chi connectivity index (χ4n) is 0.495. The molecule has 11 heavy (non-hydrogen) atoms. The van der Waals surface area contributed by atoms with Crippen molar-refractivity contribution in [3.63, 3.8) is 0 Å². The molecule has 0 aliphatic heterocycles. The summed E-state index contributed by atoms with van der Waals surface area (Å²) in [4.78, 5) is 19.0. The molecule has 1 aromatic heterocycles. The van der Waals surface area contributed by atoms with Gasteiger partial charge in [0, 0.05) is 5.38 Å². The van der Waals surface area contributed by atoms with E-state index in [1.54, 1.807) is 5.38 Å². The summed E-state index contributed by atoms with van der Waals surface area (Å²) in [5.41, 5.74) is 2.13. The second-order valence-corrected chi connectivity index (χ2v) is 2.86. The van der Waals surface area contributed by atoms with Crippen LogP contribution in [0.2, 0.25) is 5.15 Å². The van der Waals surface area contributed by atoms with Crippen LogP contribution in [-0.2, 0) is 4.84 Å².